The molecule has 0 amide bonds. The molecule has 1 aromatic rings. The Morgan fingerprint density at radius 1 is 1.33 bits per heavy atom. The maximum atomic E-state index is 11.0. The lowest BCUT2D eigenvalue weighted by Crippen LogP contribution is -2.29. The van der Waals surface area contributed by atoms with Crippen molar-refractivity contribution in [2.75, 3.05) is 0 Å². The fourth-order valence-corrected chi connectivity index (χ4v) is 2.79. The molecule has 1 N–H and O–H groups in total. The predicted molar refractivity (Wildman–Crippen MR) is 71.6 cm³/mol. The van der Waals surface area contributed by atoms with Crippen molar-refractivity contribution in [3.05, 3.63) is 34.9 Å². The number of hydrogen-bond donors (Lipinski definition) is 1. The first-order valence-electron chi connectivity index (χ1n) is 6.74. The average Bonchev–Trinajstić information content (AvgIpc) is 2.78. The van der Waals surface area contributed by atoms with E-state index < -0.39 is 5.97 Å². The van der Waals surface area contributed by atoms with Crippen molar-refractivity contribution in [1.82, 2.24) is 4.90 Å². The molecule has 0 saturated carbocycles. The molecule has 0 aromatic heterocycles. The van der Waals surface area contributed by atoms with E-state index >= 15 is 0 Å². The molecule has 0 spiro atoms. The van der Waals surface area contributed by atoms with Crippen LogP contribution in [-0.4, -0.2) is 22.0 Å². The highest BCUT2D eigenvalue weighted by Gasteiger charge is 2.24. The van der Waals surface area contributed by atoms with Crippen LogP contribution in [0.15, 0.2) is 18.2 Å². The quantitative estimate of drug-likeness (QED) is 0.868. The topological polar surface area (TPSA) is 40.5 Å². The molecule has 0 radical (unpaired) electrons. The number of rotatable bonds is 5. The van der Waals surface area contributed by atoms with Gasteiger partial charge in [-0.25, -0.2) is 4.79 Å². The molecule has 1 unspecified atom stereocenters. The van der Waals surface area contributed by atoms with E-state index in [1.165, 1.54) is 24.0 Å². The molecule has 0 aliphatic carbocycles. The maximum absolute atomic E-state index is 11.0. The third-order valence-corrected chi connectivity index (χ3v) is 3.81. The zero-order chi connectivity index (χ0) is 13.1. The molecule has 3 heteroatoms. The molecule has 0 saturated heterocycles. The van der Waals surface area contributed by atoms with Crippen molar-refractivity contribution >= 4 is 5.97 Å². The van der Waals surface area contributed by atoms with Crippen LogP contribution in [0.2, 0.25) is 0 Å². The molecule has 1 aliphatic rings. The van der Waals surface area contributed by atoms with Gasteiger partial charge in [0.25, 0.3) is 0 Å². The van der Waals surface area contributed by atoms with Crippen molar-refractivity contribution in [3.8, 4) is 0 Å². The van der Waals surface area contributed by atoms with Gasteiger partial charge in [-0.3, -0.25) is 4.90 Å². The van der Waals surface area contributed by atoms with Crippen LogP contribution in [0.5, 0.6) is 0 Å². The summed E-state index contributed by atoms with van der Waals surface area (Å²) in [5, 5.41) is 9.01. The first-order valence-corrected chi connectivity index (χ1v) is 6.74. The van der Waals surface area contributed by atoms with Crippen LogP contribution in [-0.2, 0) is 13.1 Å². The minimum atomic E-state index is -0.836. The second-order valence-corrected chi connectivity index (χ2v) is 5.04. The minimum absolute atomic E-state index is 0.402. The van der Waals surface area contributed by atoms with Gasteiger partial charge in [0.05, 0.1) is 5.56 Å². The first kappa shape index (κ1) is 13.1. The number of benzene rings is 1. The number of nitrogens with zero attached hydrogens (tertiary/aromatic N) is 1. The van der Waals surface area contributed by atoms with E-state index in [1.807, 2.05) is 12.1 Å². The molecular formula is C15H21NO2. The second kappa shape index (κ2) is 5.53. The van der Waals surface area contributed by atoms with Crippen molar-refractivity contribution in [1.29, 1.82) is 0 Å². The summed E-state index contributed by atoms with van der Waals surface area (Å²) in [6.07, 6.45) is 3.58. The van der Waals surface area contributed by atoms with Gasteiger partial charge in [-0.2, -0.15) is 0 Å². The SMILES string of the molecule is CCCC(CC)N1Cc2ccc(C(=O)O)cc2C1. The highest BCUT2D eigenvalue weighted by molar-refractivity contribution is 5.87. The molecule has 1 aliphatic heterocycles. The smallest absolute Gasteiger partial charge is 0.335 e. The second-order valence-electron chi connectivity index (χ2n) is 5.04. The van der Waals surface area contributed by atoms with Gasteiger partial charge in [0, 0.05) is 19.1 Å². The highest BCUT2D eigenvalue weighted by atomic mass is 16.4. The summed E-state index contributed by atoms with van der Waals surface area (Å²) in [7, 11) is 0. The molecular weight excluding hydrogens is 226 g/mol. The number of fused-ring (bicyclic) bond motifs is 1. The predicted octanol–water partition coefficient (Wildman–Crippen LogP) is 3.28. The Hall–Kier alpha value is -1.35. The van der Waals surface area contributed by atoms with Gasteiger partial charge < -0.3 is 5.11 Å². The summed E-state index contributed by atoms with van der Waals surface area (Å²) in [4.78, 5) is 13.4. The van der Waals surface area contributed by atoms with Crippen molar-refractivity contribution in [2.24, 2.45) is 0 Å². The Bertz CT molecular complexity index is 442. The van der Waals surface area contributed by atoms with E-state index in [0.717, 1.165) is 19.5 Å². The van der Waals surface area contributed by atoms with Gasteiger partial charge in [-0.05, 0) is 36.1 Å². The molecule has 18 heavy (non-hydrogen) atoms. The molecule has 0 bridgehead atoms. The van der Waals surface area contributed by atoms with Crippen molar-refractivity contribution in [3.63, 3.8) is 0 Å². The number of hydrogen-bond acceptors (Lipinski definition) is 2. The van der Waals surface area contributed by atoms with Gasteiger partial charge in [0.2, 0.25) is 0 Å². The zero-order valence-electron chi connectivity index (χ0n) is 11.1. The van der Waals surface area contributed by atoms with Gasteiger partial charge in [-0.15, -0.1) is 0 Å². The lowest BCUT2D eigenvalue weighted by Gasteiger charge is -2.25. The third-order valence-electron chi connectivity index (χ3n) is 3.81. The van der Waals surface area contributed by atoms with Crippen LogP contribution < -0.4 is 0 Å². The first-order chi connectivity index (χ1) is 8.65. The molecule has 0 fully saturated rings. The summed E-state index contributed by atoms with van der Waals surface area (Å²) in [5.41, 5.74) is 2.87. The van der Waals surface area contributed by atoms with E-state index in [2.05, 4.69) is 18.7 Å². The highest BCUT2D eigenvalue weighted by Crippen LogP contribution is 2.27. The minimum Gasteiger partial charge on any atom is -0.478 e. The summed E-state index contributed by atoms with van der Waals surface area (Å²) in [6.45, 7) is 6.31. The van der Waals surface area contributed by atoms with Crippen molar-refractivity contribution in [2.45, 2.75) is 52.2 Å². The molecule has 2 rings (SSSR count). The number of aromatic carboxylic acids is 1. The van der Waals surface area contributed by atoms with Crippen LogP contribution in [0, 0.1) is 0 Å². The Labute approximate surface area is 108 Å². The molecule has 98 valence electrons. The summed E-state index contributed by atoms with van der Waals surface area (Å²) < 4.78 is 0. The van der Waals surface area contributed by atoms with Gasteiger partial charge >= 0.3 is 5.97 Å². The lowest BCUT2D eigenvalue weighted by molar-refractivity contribution is 0.0696. The zero-order valence-corrected chi connectivity index (χ0v) is 11.1. The van der Waals surface area contributed by atoms with Crippen LogP contribution in [0.4, 0.5) is 0 Å². The van der Waals surface area contributed by atoms with E-state index in [0.29, 0.717) is 11.6 Å². The standard InChI is InChI=1S/C15H21NO2/c1-3-5-14(4-2)16-9-12-7-6-11(15(17)18)8-13(12)10-16/h6-8,14H,3-5,9-10H2,1-2H3,(H,17,18). The molecule has 1 atom stereocenters. The largest absolute Gasteiger partial charge is 0.478 e. The Balaban J connectivity index is 2.14. The van der Waals surface area contributed by atoms with E-state index in [9.17, 15) is 4.79 Å². The van der Waals surface area contributed by atoms with E-state index in [1.54, 1.807) is 6.07 Å². The van der Waals surface area contributed by atoms with Crippen LogP contribution in [0.1, 0.15) is 54.6 Å². The monoisotopic (exact) mass is 247 g/mol. The normalized spacial score (nSPS) is 16.6. The van der Waals surface area contributed by atoms with Crippen LogP contribution in [0.25, 0.3) is 0 Å². The summed E-state index contributed by atoms with van der Waals surface area (Å²) in [5.74, 6) is -0.836. The fourth-order valence-electron chi connectivity index (χ4n) is 2.79. The summed E-state index contributed by atoms with van der Waals surface area (Å²) in [6, 6.07) is 6.13. The van der Waals surface area contributed by atoms with Gasteiger partial charge in [-0.1, -0.05) is 26.3 Å². The Morgan fingerprint density at radius 2 is 2.06 bits per heavy atom. The Kier molecular flexibility index (Phi) is 4.02. The lowest BCUT2D eigenvalue weighted by atomic mass is 10.1. The number of carbonyl (C=O) groups is 1. The van der Waals surface area contributed by atoms with Gasteiger partial charge in [0.15, 0.2) is 0 Å². The average molecular weight is 247 g/mol. The van der Waals surface area contributed by atoms with E-state index in [-0.39, 0.29) is 0 Å². The van der Waals surface area contributed by atoms with Crippen LogP contribution in [0.3, 0.4) is 0 Å². The fraction of sp³-hybridized carbons (Fsp3) is 0.533. The summed E-state index contributed by atoms with van der Waals surface area (Å²) >= 11 is 0. The Morgan fingerprint density at radius 3 is 2.67 bits per heavy atom. The molecule has 1 aromatic carbocycles. The molecule has 1 heterocycles. The number of carboxylic acid groups (broad SMARTS) is 1. The number of carboxylic acids is 1. The van der Waals surface area contributed by atoms with E-state index in [4.69, 9.17) is 5.11 Å². The molecule has 3 nitrogen and oxygen atoms in total. The van der Waals surface area contributed by atoms with Gasteiger partial charge in [0.1, 0.15) is 0 Å². The third kappa shape index (κ3) is 2.56. The maximum Gasteiger partial charge on any atom is 0.335 e. The van der Waals surface area contributed by atoms with Crippen molar-refractivity contribution < 1.29 is 9.90 Å². The van der Waals surface area contributed by atoms with Crippen LogP contribution >= 0.6 is 0 Å².